The van der Waals surface area contributed by atoms with Crippen LogP contribution in [-0.4, -0.2) is 27.5 Å². The van der Waals surface area contributed by atoms with Crippen LogP contribution in [0.3, 0.4) is 0 Å². The van der Waals surface area contributed by atoms with E-state index < -0.39 is 0 Å². The van der Waals surface area contributed by atoms with E-state index in [1.807, 2.05) is 36.4 Å². The molecule has 5 rings (SSSR count). The van der Waals surface area contributed by atoms with Gasteiger partial charge in [-0.3, -0.25) is 9.78 Å². The molecule has 0 saturated carbocycles. The van der Waals surface area contributed by atoms with Crippen molar-refractivity contribution in [1.82, 2.24) is 15.0 Å². The van der Waals surface area contributed by atoms with Crippen LogP contribution >= 0.6 is 0 Å². The van der Waals surface area contributed by atoms with Gasteiger partial charge in [0.1, 0.15) is 5.75 Å². The molecule has 3 heterocycles. The Morgan fingerprint density at radius 3 is 2.88 bits per heavy atom. The molecule has 8 heteroatoms. The fourth-order valence-corrected chi connectivity index (χ4v) is 3.58. The summed E-state index contributed by atoms with van der Waals surface area (Å²) in [5.74, 6) is 0.925. The summed E-state index contributed by atoms with van der Waals surface area (Å²) in [6, 6.07) is 20.4. The van der Waals surface area contributed by atoms with Crippen molar-refractivity contribution in [3.63, 3.8) is 0 Å². The monoisotopic (exact) mass is 434 g/mol. The molecule has 0 fully saturated rings. The van der Waals surface area contributed by atoms with Crippen LogP contribution in [0.5, 0.6) is 5.75 Å². The second kappa shape index (κ2) is 8.77. The molecule has 1 aliphatic rings. The van der Waals surface area contributed by atoms with Crippen molar-refractivity contribution < 1.29 is 9.53 Å². The number of carbonyl (C=O) groups is 1. The molecule has 0 bridgehead atoms. The minimum atomic E-state index is -0.120. The fourth-order valence-electron chi connectivity index (χ4n) is 3.58. The third kappa shape index (κ3) is 4.34. The standard InChI is InChI=1S/C25H18N6O2/c26-13-17-3-1-5-20(11-17)29-25-28-10-8-21(30-25)19-6-7-23-22(12-19)31(24(32)16-33-23)15-18-4-2-9-27-14-18/h1-12,14H,15-16H2,(H,28,29,30). The third-order valence-electron chi connectivity index (χ3n) is 5.16. The first-order chi connectivity index (χ1) is 16.2. The number of hydrogen-bond donors (Lipinski definition) is 1. The van der Waals surface area contributed by atoms with Crippen LogP contribution in [0.2, 0.25) is 0 Å². The summed E-state index contributed by atoms with van der Waals surface area (Å²) < 4.78 is 5.64. The highest BCUT2D eigenvalue weighted by molar-refractivity contribution is 5.98. The Hall–Kier alpha value is -4.77. The normalized spacial score (nSPS) is 12.5. The summed E-state index contributed by atoms with van der Waals surface area (Å²) in [5.41, 5.74) is 4.38. The number of ether oxygens (including phenoxy) is 1. The minimum absolute atomic E-state index is 0.00402. The van der Waals surface area contributed by atoms with Gasteiger partial charge in [-0.25, -0.2) is 9.97 Å². The van der Waals surface area contributed by atoms with Crippen molar-refractivity contribution in [2.75, 3.05) is 16.8 Å². The Morgan fingerprint density at radius 2 is 2.03 bits per heavy atom. The van der Waals surface area contributed by atoms with Gasteiger partial charge in [0.05, 0.1) is 29.6 Å². The molecule has 160 valence electrons. The molecule has 2 aromatic heterocycles. The maximum Gasteiger partial charge on any atom is 0.265 e. The Bertz CT molecular complexity index is 1370. The molecule has 8 nitrogen and oxygen atoms in total. The van der Waals surface area contributed by atoms with Gasteiger partial charge in [0, 0.05) is 29.8 Å². The van der Waals surface area contributed by atoms with Gasteiger partial charge in [-0.1, -0.05) is 12.1 Å². The summed E-state index contributed by atoms with van der Waals surface area (Å²) in [6.07, 6.45) is 5.11. The van der Waals surface area contributed by atoms with Crippen molar-refractivity contribution in [2.45, 2.75) is 6.54 Å². The Balaban J connectivity index is 1.45. The number of fused-ring (bicyclic) bond motifs is 1. The lowest BCUT2D eigenvalue weighted by Gasteiger charge is -2.29. The van der Waals surface area contributed by atoms with E-state index in [0.717, 1.165) is 16.8 Å². The molecule has 0 spiro atoms. The number of carbonyl (C=O) groups excluding carboxylic acids is 1. The Morgan fingerprint density at radius 1 is 1.09 bits per heavy atom. The predicted molar refractivity (Wildman–Crippen MR) is 123 cm³/mol. The first kappa shape index (κ1) is 20.2. The zero-order valence-corrected chi connectivity index (χ0v) is 17.5. The van der Waals surface area contributed by atoms with E-state index in [-0.39, 0.29) is 12.5 Å². The van der Waals surface area contributed by atoms with Crippen molar-refractivity contribution in [2.24, 2.45) is 0 Å². The topological polar surface area (TPSA) is 104 Å². The highest BCUT2D eigenvalue weighted by atomic mass is 16.5. The summed E-state index contributed by atoms with van der Waals surface area (Å²) in [7, 11) is 0. The van der Waals surface area contributed by atoms with E-state index in [2.05, 4.69) is 26.3 Å². The maximum atomic E-state index is 12.6. The third-order valence-corrected chi connectivity index (χ3v) is 5.16. The van der Waals surface area contributed by atoms with E-state index in [1.54, 1.807) is 47.8 Å². The average Bonchev–Trinajstić information content (AvgIpc) is 2.86. The summed E-state index contributed by atoms with van der Waals surface area (Å²) in [4.78, 5) is 27.4. The van der Waals surface area contributed by atoms with Crippen molar-refractivity contribution >= 4 is 23.2 Å². The number of benzene rings is 2. The Kier molecular flexibility index (Phi) is 5.35. The number of anilines is 3. The van der Waals surface area contributed by atoms with E-state index in [1.165, 1.54) is 0 Å². The molecule has 1 N–H and O–H groups in total. The van der Waals surface area contributed by atoms with Crippen molar-refractivity contribution in [1.29, 1.82) is 5.26 Å². The van der Waals surface area contributed by atoms with Gasteiger partial charge < -0.3 is 15.0 Å². The molecule has 4 aromatic rings. The van der Waals surface area contributed by atoms with E-state index >= 15 is 0 Å². The molecule has 0 unspecified atom stereocenters. The lowest BCUT2D eigenvalue weighted by Crippen LogP contribution is -2.38. The SMILES string of the molecule is N#Cc1cccc(Nc2nccc(-c3ccc4c(c3)N(Cc3cccnc3)C(=O)CO4)n2)c1. The van der Waals surface area contributed by atoms with Gasteiger partial charge in [-0.2, -0.15) is 5.26 Å². The lowest BCUT2D eigenvalue weighted by atomic mass is 10.1. The molecule has 1 aliphatic heterocycles. The summed E-state index contributed by atoms with van der Waals surface area (Å²) in [6.45, 7) is 0.397. The van der Waals surface area contributed by atoms with Crippen LogP contribution in [0.15, 0.2) is 79.3 Å². The second-order valence-electron chi connectivity index (χ2n) is 7.40. The van der Waals surface area contributed by atoms with Gasteiger partial charge >= 0.3 is 0 Å². The molecule has 0 saturated heterocycles. The van der Waals surface area contributed by atoms with Gasteiger partial charge in [0.25, 0.3) is 5.91 Å². The largest absolute Gasteiger partial charge is 0.482 e. The second-order valence-corrected chi connectivity index (χ2v) is 7.40. The number of pyridine rings is 1. The quantitative estimate of drug-likeness (QED) is 0.505. The Labute approximate surface area is 190 Å². The fraction of sp³-hybridized carbons (Fsp3) is 0.0800. The zero-order valence-electron chi connectivity index (χ0n) is 17.5. The summed E-state index contributed by atoms with van der Waals surface area (Å²) in [5, 5.41) is 12.2. The van der Waals surface area contributed by atoms with Crippen LogP contribution in [0.4, 0.5) is 17.3 Å². The van der Waals surface area contributed by atoms with Gasteiger partial charge in [-0.15, -0.1) is 0 Å². The number of amides is 1. The predicted octanol–water partition coefficient (Wildman–Crippen LogP) is 4.08. The smallest absolute Gasteiger partial charge is 0.265 e. The highest BCUT2D eigenvalue weighted by Gasteiger charge is 2.26. The number of rotatable bonds is 5. The average molecular weight is 434 g/mol. The van der Waals surface area contributed by atoms with Gasteiger partial charge in [0.2, 0.25) is 5.95 Å². The molecule has 2 aromatic carbocycles. The first-order valence-electron chi connectivity index (χ1n) is 10.3. The first-order valence-corrected chi connectivity index (χ1v) is 10.3. The van der Waals surface area contributed by atoms with Crippen LogP contribution in [-0.2, 0) is 11.3 Å². The molecule has 33 heavy (non-hydrogen) atoms. The van der Waals surface area contributed by atoms with Gasteiger partial charge in [-0.05, 0) is 54.1 Å². The molecular formula is C25H18N6O2. The number of hydrogen-bond acceptors (Lipinski definition) is 7. The van der Waals surface area contributed by atoms with Crippen molar-refractivity contribution in [3.05, 3.63) is 90.4 Å². The van der Waals surface area contributed by atoms with Crippen LogP contribution < -0.4 is 15.0 Å². The van der Waals surface area contributed by atoms with Crippen LogP contribution in [0, 0.1) is 11.3 Å². The molecule has 0 atom stereocenters. The number of aromatic nitrogens is 3. The minimum Gasteiger partial charge on any atom is -0.482 e. The number of nitrogens with zero attached hydrogens (tertiary/aromatic N) is 5. The van der Waals surface area contributed by atoms with E-state index in [9.17, 15) is 4.79 Å². The highest BCUT2D eigenvalue weighted by Crippen LogP contribution is 2.36. The molecular weight excluding hydrogens is 416 g/mol. The molecule has 0 radical (unpaired) electrons. The van der Waals surface area contributed by atoms with E-state index in [0.29, 0.717) is 35.2 Å². The zero-order chi connectivity index (χ0) is 22.6. The number of nitriles is 1. The van der Waals surface area contributed by atoms with Crippen molar-refractivity contribution in [3.8, 4) is 23.1 Å². The van der Waals surface area contributed by atoms with E-state index in [4.69, 9.17) is 10.00 Å². The molecule has 0 aliphatic carbocycles. The van der Waals surface area contributed by atoms with Crippen LogP contribution in [0.25, 0.3) is 11.3 Å². The molecule has 1 amide bonds. The summed E-state index contributed by atoms with van der Waals surface area (Å²) >= 11 is 0. The van der Waals surface area contributed by atoms with Gasteiger partial charge in [0.15, 0.2) is 6.61 Å². The number of nitrogens with one attached hydrogen (secondary N) is 1. The maximum absolute atomic E-state index is 12.6. The lowest BCUT2D eigenvalue weighted by molar-refractivity contribution is -0.121. The van der Waals surface area contributed by atoms with Crippen LogP contribution in [0.1, 0.15) is 11.1 Å².